The lowest BCUT2D eigenvalue weighted by molar-refractivity contribution is -0.141. The Balaban J connectivity index is 1.60. The third kappa shape index (κ3) is 5.65. The van der Waals surface area contributed by atoms with Crippen LogP contribution in [0.4, 0.5) is 0 Å². The summed E-state index contributed by atoms with van der Waals surface area (Å²) in [7, 11) is 1.49. The molecule has 1 saturated heterocycles. The van der Waals surface area contributed by atoms with Crippen LogP contribution in [0.3, 0.4) is 0 Å². The SMILES string of the molecule is COc1cc(CNC(=O)[C@@H]2C[C@H](O)CN2C(=O)[C@H](C)CCc2ccccc2)ccc1C#N. The molecule has 0 aromatic heterocycles. The van der Waals surface area contributed by atoms with Crippen LogP contribution in [0.25, 0.3) is 0 Å². The van der Waals surface area contributed by atoms with E-state index in [1.165, 1.54) is 17.6 Å². The van der Waals surface area contributed by atoms with E-state index in [0.717, 1.165) is 12.0 Å². The second-order valence-corrected chi connectivity index (χ2v) is 8.19. The van der Waals surface area contributed by atoms with E-state index >= 15 is 0 Å². The molecule has 3 rings (SSSR count). The van der Waals surface area contributed by atoms with Gasteiger partial charge in [-0.15, -0.1) is 0 Å². The van der Waals surface area contributed by atoms with E-state index in [2.05, 4.69) is 11.4 Å². The predicted molar refractivity (Wildman–Crippen MR) is 120 cm³/mol. The summed E-state index contributed by atoms with van der Waals surface area (Å²) >= 11 is 0. The van der Waals surface area contributed by atoms with Crippen molar-refractivity contribution in [1.82, 2.24) is 10.2 Å². The average molecular weight is 436 g/mol. The van der Waals surface area contributed by atoms with Gasteiger partial charge in [-0.3, -0.25) is 9.59 Å². The summed E-state index contributed by atoms with van der Waals surface area (Å²) in [5.74, 6) is -0.218. The second-order valence-electron chi connectivity index (χ2n) is 8.19. The van der Waals surface area contributed by atoms with Crippen LogP contribution in [0.5, 0.6) is 5.75 Å². The van der Waals surface area contributed by atoms with Gasteiger partial charge in [-0.25, -0.2) is 0 Å². The summed E-state index contributed by atoms with van der Waals surface area (Å²) in [6.07, 6.45) is 0.960. The minimum absolute atomic E-state index is 0.113. The smallest absolute Gasteiger partial charge is 0.243 e. The van der Waals surface area contributed by atoms with Gasteiger partial charge in [0.05, 0.1) is 18.8 Å². The number of aliphatic hydroxyl groups is 1. The van der Waals surface area contributed by atoms with Crippen molar-refractivity contribution < 1.29 is 19.4 Å². The van der Waals surface area contributed by atoms with E-state index < -0.39 is 12.1 Å². The van der Waals surface area contributed by atoms with E-state index in [9.17, 15) is 14.7 Å². The fourth-order valence-corrected chi connectivity index (χ4v) is 3.99. The highest BCUT2D eigenvalue weighted by Gasteiger charge is 2.39. The Morgan fingerprint density at radius 3 is 2.69 bits per heavy atom. The standard InChI is InChI=1S/C25H29N3O4/c1-17(8-9-18-6-4-3-5-7-18)25(31)28-16-21(29)13-22(28)24(30)27-15-19-10-11-20(14-26)23(12-19)32-2/h3-7,10-12,17,21-22,29H,8-9,13,15-16H2,1-2H3,(H,27,30)/t17-,21+,22+/m1/s1. The average Bonchev–Trinajstić information content (AvgIpc) is 3.22. The Kier molecular flexibility index (Phi) is 7.85. The number of aryl methyl sites for hydroxylation is 1. The zero-order chi connectivity index (χ0) is 23.1. The number of nitriles is 1. The molecule has 1 aliphatic rings. The van der Waals surface area contributed by atoms with Gasteiger partial charge in [0, 0.05) is 25.4 Å². The van der Waals surface area contributed by atoms with Crippen LogP contribution in [0.1, 0.15) is 36.5 Å². The molecule has 0 saturated carbocycles. The number of rotatable bonds is 8. The minimum atomic E-state index is -0.717. The number of carbonyl (C=O) groups is 2. The molecule has 0 bridgehead atoms. The number of likely N-dealkylation sites (tertiary alicyclic amines) is 1. The Hall–Kier alpha value is -3.37. The zero-order valence-electron chi connectivity index (χ0n) is 18.5. The number of nitrogens with one attached hydrogen (secondary N) is 1. The summed E-state index contributed by atoms with van der Waals surface area (Å²) in [6, 6.07) is 16.4. The molecule has 0 unspecified atom stereocenters. The molecule has 7 heteroatoms. The van der Waals surface area contributed by atoms with E-state index in [0.29, 0.717) is 17.7 Å². The zero-order valence-corrected chi connectivity index (χ0v) is 18.5. The molecular weight excluding hydrogens is 406 g/mol. The molecule has 0 spiro atoms. The summed E-state index contributed by atoms with van der Waals surface area (Å²) in [4.78, 5) is 27.4. The molecule has 2 amide bonds. The first-order valence-electron chi connectivity index (χ1n) is 10.8. The largest absolute Gasteiger partial charge is 0.495 e. The number of benzene rings is 2. The number of hydrogen-bond acceptors (Lipinski definition) is 5. The van der Waals surface area contributed by atoms with Crippen molar-refractivity contribution in [3.8, 4) is 11.8 Å². The fraction of sp³-hybridized carbons (Fsp3) is 0.400. The number of carbonyl (C=O) groups excluding carboxylic acids is 2. The van der Waals surface area contributed by atoms with Crippen molar-refractivity contribution in [1.29, 1.82) is 5.26 Å². The molecule has 32 heavy (non-hydrogen) atoms. The number of hydrogen-bond donors (Lipinski definition) is 2. The van der Waals surface area contributed by atoms with Gasteiger partial charge in [0.2, 0.25) is 11.8 Å². The monoisotopic (exact) mass is 435 g/mol. The van der Waals surface area contributed by atoms with Crippen molar-refractivity contribution in [3.63, 3.8) is 0 Å². The highest BCUT2D eigenvalue weighted by molar-refractivity contribution is 5.89. The predicted octanol–water partition coefficient (Wildman–Crippen LogP) is 2.41. The van der Waals surface area contributed by atoms with Crippen LogP contribution < -0.4 is 10.1 Å². The van der Waals surface area contributed by atoms with Crippen LogP contribution in [0, 0.1) is 17.2 Å². The summed E-state index contributed by atoms with van der Waals surface area (Å²) < 4.78 is 5.21. The van der Waals surface area contributed by atoms with E-state index in [1.807, 2.05) is 37.3 Å². The number of nitrogens with zero attached hydrogens (tertiary/aromatic N) is 2. The Morgan fingerprint density at radius 2 is 2.00 bits per heavy atom. The number of β-amino-alcohol motifs (C(OH)–C–C–N with tert-alkyl or cyclic N) is 1. The molecule has 1 heterocycles. The van der Waals surface area contributed by atoms with Gasteiger partial charge in [-0.1, -0.05) is 43.3 Å². The Bertz CT molecular complexity index is 986. The molecule has 2 aromatic rings. The lowest BCUT2D eigenvalue weighted by atomic mass is 9.99. The maximum absolute atomic E-state index is 13.0. The molecule has 168 valence electrons. The molecule has 2 N–H and O–H groups in total. The number of aliphatic hydroxyl groups excluding tert-OH is 1. The molecule has 7 nitrogen and oxygen atoms in total. The second kappa shape index (κ2) is 10.8. The van der Waals surface area contributed by atoms with Crippen molar-refractivity contribution in [2.45, 2.75) is 44.9 Å². The van der Waals surface area contributed by atoms with Gasteiger partial charge < -0.3 is 20.1 Å². The third-order valence-electron chi connectivity index (χ3n) is 5.85. The van der Waals surface area contributed by atoms with Gasteiger partial charge in [0.15, 0.2) is 0 Å². The molecule has 1 aliphatic heterocycles. The van der Waals surface area contributed by atoms with Crippen molar-refractivity contribution >= 4 is 11.8 Å². The minimum Gasteiger partial charge on any atom is -0.495 e. The lowest BCUT2D eigenvalue weighted by Crippen LogP contribution is -2.47. The maximum Gasteiger partial charge on any atom is 0.243 e. The van der Waals surface area contributed by atoms with Gasteiger partial charge >= 0.3 is 0 Å². The van der Waals surface area contributed by atoms with Crippen LogP contribution >= 0.6 is 0 Å². The van der Waals surface area contributed by atoms with Crippen molar-refractivity contribution in [2.75, 3.05) is 13.7 Å². The highest BCUT2D eigenvalue weighted by atomic mass is 16.5. The first kappa shape index (κ1) is 23.3. The molecule has 3 atom stereocenters. The number of methoxy groups -OCH3 is 1. The van der Waals surface area contributed by atoms with Crippen molar-refractivity contribution in [2.24, 2.45) is 5.92 Å². The number of amides is 2. The van der Waals surface area contributed by atoms with Crippen molar-refractivity contribution in [3.05, 3.63) is 65.2 Å². The van der Waals surface area contributed by atoms with Crippen LogP contribution in [-0.2, 0) is 22.6 Å². The third-order valence-corrected chi connectivity index (χ3v) is 5.85. The summed E-state index contributed by atoms with van der Waals surface area (Å²) in [5, 5.41) is 22.1. The molecule has 2 aromatic carbocycles. The summed E-state index contributed by atoms with van der Waals surface area (Å²) in [5.41, 5.74) is 2.37. The van der Waals surface area contributed by atoms with Crippen LogP contribution in [0.15, 0.2) is 48.5 Å². The normalized spacial score (nSPS) is 18.6. The Labute approximate surface area is 188 Å². The van der Waals surface area contributed by atoms with Gasteiger partial charge in [-0.05, 0) is 36.1 Å². The fourth-order valence-electron chi connectivity index (χ4n) is 3.99. The topological polar surface area (TPSA) is 103 Å². The molecular formula is C25H29N3O4. The molecule has 0 aliphatic carbocycles. The molecule has 1 fully saturated rings. The molecule has 0 radical (unpaired) electrons. The number of ether oxygens (including phenoxy) is 1. The van der Waals surface area contributed by atoms with Gasteiger partial charge in [0.25, 0.3) is 0 Å². The highest BCUT2D eigenvalue weighted by Crippen LogP contribution is 2.23. The first-order chi connectivity index (χ1) is 15.4. The Morgan fingerprint density at radius 1 is 1.25 bits per heavy atom. The van der Waals surface area contributed by atoms with E-state index in [1.54, 1.807) is 18.2 Å². The van der Waals surface area contributed by atoms with E-state index in [4.69, 9.17) is 10.00 Å². The maximum atomic E-state index is 13.0. The van der Waals surface area contributed by atoms with Crippen LogP contribution in [0.2, 0.25) is 0 Å². The van der Waals surface area contributed by atoms with E-state index in [-0.39, 0.29) is 37.2 Å². The first-order valence-corrected chi connectivity index (χ1v) is 10.8. The van der Waals surface area contributed by atoms with Crippen LogP contribution in [-0.4, -0.2) is 47.6 Å². The lowest BCUT2D eigenvalue weighted by Gasteiger charge is -2.26. The van der Waals surface area contributed by atoms with Gasteiger partial charge in [0.1, 0.15) is 17.9 Å². The quantitative estimate of drug-likeness (QED) is 0.663. The summed E-state index contributed by atoms with van der Waals surface area (Å²) in [6.45, 7) is 2.27. The van der Waals surface area contributed by atoms with Gasteiger partial charge in [-0.2, -0.15) is 5.26 Å².